The lowest BCUT2D eigenvalue weighted by atomic mass is 10.00. The van der Waals surface area contributed by atoms with Crippen LogP contribution in [0.25, 0.3) is 0 Å². The monoisotopic (exact) mass is 195 g/mol. The third-order valence-corrected chi connectivity index (χ3v) is 2.57. The van der Waals surface area contributed by atoms with Gasteiger partial charge in [0.15, 0.2) is 0 Å². The lowest BCUT2D eigenvalue weighted by Gasteiger charge is -2.14. The molecule has 1 atom stereocenters. The Hall–Kier alpha value is -0.760. The zero-order valence-corrected chi connectivity index (χ0v) is 9.42. The van der Waals surface area contributed by atoms with Gasteiger partial charge in [-0.25, -0.2) is 0 Å². The van der Waals surface area contributed by atoms with Crippen LogP contribution in [0, 0.1) is 5.92 Å². The molecule has 0 aliphatic rings. The summed E-state index contributed by atoms with van der Waals surface area (Å²) in [6.45, 7) is 4.54. The second-order valence-corrected chi connectivity index (χ2v) is 4.22. The summed E-state index contributed by atoms with van der Waals surface area (Å²) in [4.78, 5) is 0. The molecule has 1 aromatic rings. The van der Waals surface area contributed by atoms with Gasteiger partial charge < -0.3 is 9.73 Å². The van der Waals surface area contributed by atoms with Gasteiger partial charge >= 0.3 is 0 Å². The standard InChI is InChI=1S/C12H21NO/c1-10(2)5-4-6-12(13-3)11-7-8-14-9-11/h7-10,12-13H,4-6H2,1-3H3. The van der Waals surface area contributed by atoms with Crippen LogP contribution in [0.5, 0.6) is 0 Å². The first-order valence-electron chi connectivity index (χ1n) is 5.43. The summed E-state index contributed by atoms with van der Waals surface area (Å²) in [5.41, 5.74) is 1.26. The maximum Gasteiger partial charge on any atom is 0.0950 e. The van der Waals surface area contributed by atoms with Crippen molar-refractivity contribution in [2.24, 2.45) is 5.92 Å². The van der Waals surface area contributed by atoms with Crippen molar-refractivity contribution in [3.05, 3.63) is 24.2 Å². The van der Waals surface area contributed by atoms with E-state index in [1.165, 1.54) is 24.8 Å². The molecule has 1 unspecified atom stereocenters. The SMILES string of the molecule is CNC(CCCC(C)C)c1ccoc1. The molecule has 0 aliphatic carbocycles. The molecule has 0 radical (unpaired) electrons. The summed E-state index contributed by atoms with van der Waals surface area (Å²) in [5.74, 6) is 0.803. The van der Waals surface area contributed by atoms with Crippen molar-refractivity contribution in [3.63, 3.8) is 0 Å². The smallest absolute Gasteiger partial charge is 0.0950 e. The van der Waals surface area contributed by atoms with Crippen LogP contribution in [-0.4, -0.2) is 7.05 Å². The normalized spacial score (nSPS) is 13.4. The largest absolute Gasteiger partial charge is 0.472 e. The second-order valence-electron chi connectivity index (χ2n) is 4.22. The van der Waals surface area contributed by atoms with Gasteiger partial charge in [-0.1, -0.05) is 26.7 Å². The Balaban J connectivity index is 2.33. The molecule has 2 nitrogen and oxygen atoms in total. The molecular weight excluding hydrogens is 174 g/mol. The fourth-order valence-corrected chi connectivity index (χ4v) is 1.68. The summed E-state index contributed by atoms with van der Waals surface area (Å²) >= 11 is 0. The third-order valence-electron chi connectivity index (χ3n) is 2.57. The molecule has 1 heterocycles. The summed E-state index contributed by atoms with van der Waals surface area (Å²) in [7, 11) is 2.01. The van der Waals surface area contributed by atoms with Gasteiger partial charge in [0.2, 0.25) is 0 Å². The average molecular weight is 195 g/mol. The van der Waals surface area contributed by atoms with Gasteiger partial charge in [-0.05, 0) is 25.5 Å². The average Bonchev–Trinajstić information content (AvgIpc) is 2.64. The molecule has 80 valence electrons. The first-order chi connectivity index (χ1) is 6.74. The van der Waals surface area contributed by atoms with E-state index >= 15 is 0 Å². The van der Waals surface area contributed by atoms with E-state index in [0.29, 0.717) is 6.04 Å². The minimum Gasteiger partial charge on any atom is -0.472 e. The van der Waals surface area contributed by atoms with Crippen molar-refractivity contribution >= 4 is 0 Å². The first kappa shape index (κ1) is 11.3. The molecule has 0 saturated carbocycles. The molecule has 1 aromatic heterocycles. The van der Waals surface area contributed by atoms with Gasteiger partial charge in [0.05, 0.1) is 12.5 Å². The predicted octanol–water partition coefficient (Wildman–Crippen LogP) is 3.37. The Morgan fingerprint density at radius 3 is 2.64 bits per heavy atom. The quantitative estimate of drug-likeness (QED) is 0.753. The molecule has 0 saturated heterocycles. The van der Waals surface area contributed by atoms with E-state index in [-0.39, 0.29) is 0 Å². The predicted molar refractivity (Wildman–Crippen MR) is 59.2 cm³/mol. The van der Waals surface area contributed by atoms with Gasteiger partial charge in [-0.15, -0.1) is 0 Å². The molecule has 1 N–H and O–H groups in total. The summed E-state index contributed by atoms with van der Waals surface area (Å²) in [6.07, 6.45) is 7.33. The van der Waals surface area contributed by atoms with Crippen molar-refractivity contribution in [2.45, 2.75) is 39.2 Å². The lowest BCUT2D eigenvalue weighted by molar-refractivity contribution is 0.465. The number of furan rings is 1. The van der Waals surface area contributed by atoms with Gasteiger partial charge in [0.1, 0.15) is 0 Å². The molecule has 0 spiro atoms. The van der Waals surface area contributed by atoms with Gasteiger partial charge in [0.25, 0.3) is 0 Å². The summed E-state index contributed by atoms with van der Waals surface area (Å²) in [6, 6.07) is 2.49. The van der Waals surface area contributed by atoms with Crippen molar-refractivity contribution < 1.29 is 4.42 Å². The maximum atomic E-state index is 5.08. The molecule has 14 heavy (non-hydrogen) atoms. The fraction of sp³-hybridized carbons (Fsp3) is 0.667. The van der Waals surface area contributed by atoms with Crippen LogP contribution in [0.15, 0.2) is 23.0 Å². The Morgan fingerprint density at radius 1 is 1.36 bits per heavy atom. The molecule has 0 amide bonds. The molecule has 1 rings (SSSR count). The van der Waals surface area contributed by atoms with E-state index in [1.807, 2.05) is 19.4 Å². The third kappa shape index (κ3) is 3.54. The van der Waals surface area contributed by atoms with E-state index in [9.17, 15) is 0 Å². The van der Waals surface area contributed by atoms with Crippen molar-refractivity contribution in [1.29, 1.82) is 0 Å². The van der Waals surface area contributed by atoms with E-state index in [1.54, 1.807) is 6.26 Å². The van der Waals surface area contributed by atoms with Crippen LogP contribution in [0.4, 0.5) is 0 Å². The van der Waals surface area contributed by atoms with E-state index < -0.39 is 0 Å². The molecule has 0 aromatic carbocycles. The Morgan fingerprint density at radius 2 is 2.14 bits per heavy atom. The van der Waals surface area contributed by atoms with Gasteiger partial charge in [0, 0.05) is 11.6 Å². The Kier molecular flexibility index (Phi) is 4.74. The minimum absolute atomic E-state index is 0.451. The van der Waals surface area contributed by atoms with Gasteiger partial charge in [-0.2, -0.15) is 0 Å². The highest BCUT2D eigenvalue weighted by Crippen LogP contribution is 2.20. The first-order valence-corrected chi connectivity index (χ1v) is 5.43. The molecule has 0 bridgehead atoms. The van der Waals surface area contributed by atoms with Crippen LogP contribution in [0.3, 0.4) is 0 Å². The summed E-state index contributed by atoms with van der Waals surface area (Å²) in [5, 5.41) is 3.32. The zero-order chi connectivity index (χ0) is 10.4. The minimum atomic E-state index is 0.451. The van der Waals surface area contributed by atoms with E-state index in [4.69, 9.17) is 4.42 Å². The van der Waals surface area contributed by atoms with Gasteiger partial charge in [-0.3, -0.25) is 0 Å². The Bertz CT molecular complexity index is 228. The van der Waals surface area contributed by atoms with Crippen molar-refractivity contribution in [1.82, 2.24) is 5.32 Å². The lowest BCUT2D eigenvalue weighted by Crippen LogP contribution is -2.15. The maximum absolute atomic E-state index is 5.08. The molecular formula is C12H21NO. The molecule has 0 aliphatic heterocycles. The molecule has 0 fully saturated rings. The van der Waals surface area contributed by atoms with Crippen LogP contribution in [0.2, 0.25) is 0 Å². The highest BCUT2D eigenvalue weighted by atomic mass is 16.3. The fourth-order valence-electron chi connectivity index (χ4n) is 1.68. The van der Waals surface area contributed by atoms with Crippen LogP contribution in [-0.2, 0) is 0 Å². The van der Waals surface area contributed by atoms with E-state index in [2.05, 4.69) is 19.2 Å². The zero-order valence-electron chi connectivity index (χ0n) is 9.42. The highest BCUT2D eigenvalue weighted by Gasteiger charge is 2.09. The van der Waals surface area contributed by atoms with Crippen LogP contribution < -0.4 is 5.32 Å². The van der Waals surface area contributed by atoms with Crippen LogP contribution in [0.1, 0.15) is 44.7 Å². The van der Waals surface area contributed by atoms with Crippen LogP contribution >= 0.6 is 0 Å². The topological polar surface area (TPSA) is 25.2 Å². The Labute approximate surface area is 86.7 Å². The number of hydrogen-bond acceptors (Lipinski definition) is 2. The number of rotatable bonds is 6. The van der Waals surface area contributed by atoms with Crippen molar-refractivity contribution in [3.8, 4) is 0 Å². The summed E-state index contributed by atoms with van der Waals surface area (Å²) < 4.78 is 5.08. The number of nitrogens with one attached hydrogen (secondary N) is 1. The highest BCUT2D eigenvalue weighted by molar-refractivity contribution is 5.10. The number of hydrogen-bond donors (Lipinski definition) is 1. The van der Waals surface area contributed by atoms with E-state index in [0.717, 1.165) is 5.92 Å². The van der Waals surface area contributed by atoms with Crippen molar-refractivity contribution in [2.75, 3.05) is 7.05 Å². The molecule has 2 heteroatoms. The second kappa shape index (κ2) is 5.86.